The Balaban J connectivity index is 2.45. The van der Waals surface area contributed by atoms with Crippen LogP contribution in [0.15, 0.2) is 42.5 Å². The van der Waals surface area contributed by atoms with Gasteiger partial charge in [-0.1, -0.05) is 94.4 Å². The van der Waals surface area contributed by atoms with Crippen LogP contribution in [0.2, 0.25) is 0 Å². The van der Waals surface area contributed by atoms with Crippen molar-refractivity contribution in [2.75, 3.05) is 0 Å². The second-order valence-corrected chi connectivity index (χ2v) is 7.91. The number of rotatable bonds is 17. The van der Waals surface area contributed by atoms with Gasteiger partial charge in [0.1, 0.15) is 5.60 Å². The van der Waals surface area contributed by atoms with E-state index in [1.807, 2.05) is 24.3 Å². The summed E-state index contributed by atoms with van der Waals surface area (Å²) in [5, 5.41) is 19.7. The van der Waals surface area contributed by atoms with Crippen LogP contribution in [-0.2, 0) is 4.79 Å². The third-order valence-corrected chi connectivity index (χ3v) is 5.29. The first-order valence-electron chi connectivity index (χ1n) is 11.2. The number of aliphatic hydroxyl groups is 1. The van der Waals surface area contributed by atoms with Gasteiger partial charge in [-0.15, -0.1) is 0 Å². The Hall–Kier alpha value is -1.94. The predicted octanol–water partition coefficient (Wildman–Crippen LogP) is 6.33. The minimum Gasteiger partial charge on any atom is -0.481 e. The molecule has 4 heteroatoms. The molecule has 4 nitrogen and oxygen atoms in total. The van der Waals surface area contributed by atoms with Crippen LogP contribution in [0.4, 0.5) is 0 Å². The van der Waals surface area contributed by atoms with E-state index < -0.39 is 11.6 Å². The van der Waals surface area contributed by atoms with Gasteiger partial charge in [0.25, 0.3) is 0 Å². The number of unbranched alkanes of at least 4 members (excludes halogenated alkanes) is 8. The molecule has 0 spiro atoms. The van der Waals surface area contributed by atoms with Crippen molar-refractivity contribution in [2.45, 2.75) is 96.0 Å². The number of Topliss-reactive ketones (excluding diaryl/α,β-unsaturated/α-hetero) is 1. The molecule has 0 aliphatic heterocycles. The molecule has 0 heterocycles. The molecular weight excluding hydrogens is 364 g/mol. The van der Waals surface area contributed by atoms with Crippen LogP contribution < -0.4 is 0 Å². The molecule has 0 aliphatic rings. The maximum absolute atomic E-state index is 12.9. The molecule has 0 amide bonds. The molecule has 0 radical (unpaired) electrons. The summed E-state index contributed by atoms with van der Waals surface area (Å²) < 4.78 is 0. The molecule has 29 heavy (non-hydrogen) atoms. The average Bonchev–Trinajstić information content (AvgIpc) is 2.72. The first-order valence-corrected chi connectivity index (χ1v) is 11.2. The van der Waals surface area contributed by atoms with Gasteiger partial charge in [-0.3, -0.25) is 9.59 Å². The summed E-state index contributed by atoms with van der Waals surface area (Å²) in [6.07, 6.45) is 15.1. The molecule has 1 atom stereocenters. The Morgan fingerprint density at radius 2 is 1.55 bits per heavy atom. The number of carbonyl (C=O) groups is 2. The van der Waals surface area contributed by atoms with Crippen LogP contribution in [0.5, 0.6) is 0 Å². The largest absolute Gasteiger partial charge is 0.481 e. The third kappa shape index (κ3) is 11.0. The van der Waals surface area contributed by atoms with Crippen molar-refractivity contribution in [1.29, 1.82) is 0 Å². The number of hydrogen-bond acceptors (Lipinski definition) is 3. The summed E-state index contributed by atoms with van der Waals surface area (Å²) in [6, 6.07) is 9.08. The lowest BCUT2D eigenvalue weighted by molar-refractivity contribution is -0.137. The molecule has 1 aromatic carbocycles. The molecule has 0 saturated heterocycles. The van der Waals surface area contributed by atoms with Gasteiger partial charge >= 0.3 is 5.97 Å². The molecule has 0 fully saturated rings. The van der Waals surface area contributed by atoms with Crippen molar-refractivity contribution in [2.24, 2.45) is 0 Å². The van der Waals surface area contributed by atoms with Gasteiger partial charge in [0.2, 0.25) is 0 Å². The summed E-state index contributed by atoms with van der Waals surface area (Å²) in [7, 11) is 0. The SMILES string of the molecule is CCCCCC[C@@](O)(C/C=C\CCCCCCCC(=O)O)C(=O)c1ccccc1. The highest BCUT2D eigenvalue weighted by Crippen LogP contribution is 2.25. The molecular formula is C25H38O4. The number of carboxylic acid groups (broad SMARTS) is 1. The lowest BCUT2D eigenvalue weighted by Gasteiger charge is -2.25. The highest BCUT2D eigenvalue weighted by molar-refractivity contribution is 6.02. The molecule has 2 N–H and O–H groups in total. The summed E-state index contributed by atoms with van der Waals surface area (Å²) in [4.78, 5) is 23.4. The fraction of sp³-hybridized carbons (Fsp3) is 0.600. The molecule has 0 aliphatic carbocycles. The van der Waals surface area contributed by atoms with Crippen LogP contribution in [0.1, 0.15) is 101 Å². The van der Waals surface area contributed by atoms with Gasteiger partial charge in [-0.25, -0.2) is 0 Å². The van der Waals surface area contributed by atoms with E-state index in [-0.39, 0.29) is 12.2 Å². The second kappa shape index (κ2) is 15.0. The van der Waals surface area contributed by atoms with E-state index in [2.05, 4.69) is 13.0 Å². The maximum atomic E-state index is 12.9. The van der Waals surface area contributed by atoms with Crippen LogP contribution >= 0.6 is 0 Å². The first kappa shape index (κ1) is 25.1. The van der Waals surface area contributed by atoms with Crippen molar-refractivity contribution < 1.29 is 19.8 Å². The lowest BCUT2D eigenvalue weighted by atomic mass is 9.84. The van der Waals surface area contributed by atoms with E-state index in [4.69, 9.17) is 5.11 Å². The van der Waals surface area contributed by atoms with Gasteiger partial charge in [0.15, 0.2) is 5.78 Å². The summed E-state index contributed by atoms with van der Waals surface area (Å²) in [5.41, 5.74) is -0.761. The van der Waals surface area contributed by atoms with Crippen molar-refractivity contribution >= 4 is 11.8 Å². The van der Waals surface area contributed by atoms with Crippen LogP contribution in [-0.4, -0.2) is 27.6 Å². The molecule has 1 rings (SSSR count). The Kier molecular flexibility index (Phi) is 13.0. The van der Waals surface area contributed by atoms with E-state index in [1.165, 1.54) is 0 Å². The smallest absolute Gasteiger partial charge is 0.303 e. The number of carboxylic acids is 1. The number of carbonyl (C=O) groups excluding carboxylic acids is 1. The minimum absolute atomic E-state index is 0.183. The van der Waals surface area contributed by atoms with Gasteiger partial charge in [0, 0.05) is 18.4 Å². The normalized spacial score (nSPS) is 13.4. The van der Waals surface area contributed by atoms with E-state index in [9.17, 15) is 14.7 Å². The first-order chi connectivity index (χ1) is 14.0. The summed E-state index contributed by atoms with van der Waals surface area (Å²) >= 11 is 0. The second-order valence-electron chi connectivity index (χ2n) is 7.91. The Bertz CT molecular complexity index is 609. The topological polar surface area (TPSA) is 74.6 Å². The Labute approximate surface area is 176 Å². The molecule has 0 saturated carbocycles. The molecule has 0 aromatic heterocycles. The van der Waals surface area contributed by atoms with Crippen LogP contribution in [0, 0.1) is 0 Å². The zero-order valence-electron chi connectivity index (χ0n) is 17.9. The quantitative estimate of drug-likeness (QED) is 0.181. The predicted molar refractivity (Wildman–Crippen MR) is 118 cm³/mol. The standard InChI is InChI=1S/C25H38O4/c1-2-3-4-15-20-25(29,24(28)22-17-12-11-13-18-22)21-16-10-8-6-5-7-9-14-19-23(26)27/h10-13,16-18,29H,2-9,14-15,19-21H2,1H3,(H,26,27)/b16-10-/t25-/m1/s1. The zero-order valence-corrected chi connectivity index (χ0v) is 17.9. The number of hydrogen-bond donors (Lipinski definition) is 2. The average molecular weight is 403 g/mol. The van der Waals surface area contributed by atoms with Crippen molar-refractivity contribution in [3.05, 3.63) is 48.0 Å². The number of aliphatic carboxylic acids is 1. The fourth-order valence-electron chi connectivity index (χ4n) is 3.48. The minimum atomic E-state index is -1.33. The highest BCUT2D eigenvalue weighted by atomic mass is 16.4. The fourth-order valence-corrected chi connectivity index (χ4v) is 3.48. The van der Waals surface area contributed by atoms with E-state index in [0.717, 1.165) is 64.2 Å². The van der Waals surface area contributed by atoms with Crippen molar-refractivity contribution in [1.82, 2.24) is 0 Å². The van der Waals surface area contributed by atoms with Crippen molar-refractivity contribution in [3.63, 3.8) is 0 Å². The third-order valence-electron chi connectivity index (χ3n) is 5.29. The summed E-state index contributed by atoms with van der Waals surface area (Å²) in [5.74, 6) is -0.905. The zero-order chi connectivity index (χ0) is 21.4. The highest BCUT2D eigenvalue weighted by Gasteiger charge is 2.34. The molecule has 0 bridgehead atoms. The number of benzene rings is 1. The van der Waals surface area contributed by atoms with Gasteiger partial charge < -0.3 is 10.2 Å². The molecule has 0 unspecified atom stereocenters. The summed E-state index contributed by atoms with van der Waals surface area (Å²) in [6.45, 7) is 2.15. The monoisotopic (exact) mass is 402 g/mol. The Morgan fingerprint density at radius 3 is 2.24 bits per heavy atom. The van der Waals surface area contributed by atoms with E-state index >= 15 is 0 Å². The molecule has 1 aromatic rings. The van der Waals surface area contributed by atoms with E-state index in [0.29, 0.717) is 18.4 Å². The maximum Gasteiger partial charge on any atom is 0.303 e. The lowest BCUT2D eigenvalue weighted by Crippen LogP contribution is -2.38. The van der Waals surface area contributed by atoms with Crippen LogP contribution in [0.25, 0.3) is 0 Å². The van der Waals surface area contributed by atoms with Gasteiger partial charge in [0.05, 0.1) is 0 Å². The Morgan fingerprint density at radius 1 is 0.897 bits per heavy atom. The number of ketones is 1. The van der Waals surface area contributed by atoms with Gasteiger partial charge in [-0.05, 0) is 25.7 Å². The van der Waals surface area contributed by atoms with E-state index in [1.54, 1.807) is 12.1 Å². The molecule has 162 valence electrons. The van der Waals surface area contributed by atoms with Crippen LogP contribution in [0.3, 0.4) is 0 Å². The number of allylic oxidation sites excluding steroid dienone is 1. The van der Waals surface area contributed by atoms with Crippen molar-refractivity contribution in [3.8, 4) is 0 Å². The van der Waals surface area contributed by atoms with Gasteiger partial charge in [-0.2, -0.15) is 0 Å².